The van der Waals surface area contributed by atoms with Gasteiger partial charge in [0.2, 0.25) is 0 Å². The highest BCUT2D eigenvalue weighted by molar-refractivity contribution is 5.76. The molecule has 2 N–H and O–H groups in total. The highest BCUT2D eigenvalue weighted by Crippen LogP contribution is 1.78. The van der Waals surface area contributed by atoms with Crippen molar-refractivity contribution in [3.05, 3.63) is 24.7 Å². The Morgan fingerprint density at radius 1 is 1.45 bits per heavy atom. The van der Waals surface area contributed by atoms with Gasteiger partial charge in [-0.15, -0.1) is 5.11 Å². The smallest absolute Gasteiger partial charge is 0.140 e. The molecular formula is C7H12N4. The number of hydrogen-bond donors (Lipinski definition) is 2. The van der Waals surface area contributed by atoms with Crippen LogP contribution >= 0.6 is 0 Å². The van der Waals surface area contributed by atoms with Crippen LogP contribution in [0.4, 0.5) is 0 Å². The molecule has 0 saturated heterocycles. The Morgan fingerprint density at radius 3 is 2.73 bits per heavy atom. The van der Waals surface area contributed by atoms with Gasteiger partial charge < -0.3 is 5.32 Å². The van der Waals surface area contributed by atoms with E-state index in [1.54, 1.807) is 19.3 Å². The molecule has 0 aromatic rings. The van der Waals surface area contributed by atoms with E-state index in [1.165, 1.54) is 6.20 Å². The Balaban J connectivity index is 3.52. The first-order chi connectivity index (χ1) is 5.27. The van der Waals surface area contributed by atoms with Gasteiger partial charge in [-0.05, 0) is 20.0 Å². The summed E-state index contributed by atoms with van der Waals surface area (Å²) in [5.41, 5.74) is 0. The summed E-state index contributed by atoms with van der Waals surface area (Å²) in [6.07, 6.45) is 6.75. The summed E-state index contributed by atoms with van der Waals surface area (Å²) in [4.78, 5) is 0. The molecule has 60 valence electrons. The largest absolute Gasteiger partial charge is 0.367 e. The molecule has 0 aliphatic rings. The summed E-state index contributed by atoms with van der Waals surface area (Å²) in [7, 11) is 0. The first-order valence-electron chi connectivity index (χ1n) is 3.25. The van der Waals surface area contributed by atoms with E-state index in [2.05, 4.69) is 15.5 Å². The highest BCUT2D eigenvalue weighted by Gasteiger charge is 1.72. The number of hydrogen-bond acceptors (Lipinski definition) is 3. The molecule has 0 atom stereocenters. The summed E-state index contributed by atoms with van der Waals surface area (Å²) in [6.45, 7) is 3.47. The number of nitrogens with zero attached hydrogens (tertiary/aromatic N) is 2. The molecule has 0 bridgehead atoms. The van der Waals surface area contributed by atoms with Crippen LogP contribution in [0.2, 0.25) is 0 Å². The quantitative estimate of drug-likeness (QED) is 0.363. The predicted molar refractivity (Wildman–Crippen MR) is 45.3 cm³/mol. The summed E-state index contributed by atoms with van der Waals surface area (Å²) < 4.78 is 0. The van der Waals surface area contributed by atoms with Gasteiger partial charge in [0.25, 0.3) is 0 Å². The Kier molecular flexibility index (Phi) is 5.79. The standard InChI is InChI=1S/C7H12N4/c1-3-4-9-5-6-10-11-7(2)8/h3-6,8-9H,1-2H3/b4-3-,6-5-,8-7?,11-10-. The fraction of sp³-hybridized carbons (Fsp3) is 0.286. The number of azo groups is 1. The van der Waals surface area contributed by atoms with Gasteiger partial charge in [0.05, 0.1) is 6.20 Å². The van der Waals surface area contributed by atoms with Crippen molar-refractivity contribution in [3.8, 4) is 0 Å². The summed E-state index contributed by atoms with van der Waals surface area (Å²) >= 11 is 0. The van der Waals surface area contributed by atoms with Crippen LogP contribution in [0.25, 0.3) is 0 Å². The zero-order valence-corrected chi connectivity index (χ0v) is 6.70. The molecule has 0 amide bonds. The lowest BCUT2D eigenvalue weighted by atomic mass is 10.7. The van der Waals surface area contributed by atoms with Crippen molar-refractivity contribution in [1.82, 2.24) is 5.32 Å². The first kappa shape index (κ1) is 9.55. The van der Waals surface area contributed by atoms with Gasteiger partial charge in [-0.3, -0.25) is 5.41 Å². The van der Waals surface area contributed by atoms with E-state index in [-0.39, 0.29) is 5.84 Å². The number of nitrogens with one attached hydrogen (secondary N) is 2. The molecular weight excluding hydrogens is 140 g/mol. The fourth-order valence-corrected chi connectivity index (χ4v) is 0.348. The van der Waals surface area contributed by atoms with Gasteiger partial charge in [-0.1, -0.05) is 6.08 Å². The molecule has 0 spiro atoms. The number of rotatable bonds is 3. The Hall–Kier alpha value is -1.45. The zero-order chi connectivity index (χ0) is 8.53. The lowest BCUT2D eigenvalue weighted by Crippen LogP contribution is -1.89. The number of allylic oxidation sites excluding steroid dienone is 1. The van der Waals surface area contributed by atoms with Crippen LogP contribution < -0.4 is 5.32 Å². The molecule has 0 radical (unpaired) electrons. The maximum absolute atomic E-state index is 6.88. The van der Waals surface area contributed by atoms with Crippen molar-refractivity contribution >= 4 is 5.84 Å². The Bertz CT molecular complexity index is 191. The van der Waals surface area contributed by atoms with E-state index in [9.17, 15) is 0 Å². The second kappa shape index (κ2) is 6.67. The fourth-order valence-electron chi connectivity index (χ4n) is 0.348. The van der Waals surface area contributed by atoms with Crippen molar-refractivity contribution < 1.29 is 0 Å². The van der Waals surface area contributed by atoms with Crippen LogP contribution in [0.3, 0.4) is 0 Å². The van der Waals surface area contributed by atoms with Crippen molar-refractivity contribution in [2.45, 2.75) is 13.8 Å². The van der Waals surface area contributed by atoms with Crippen molar-refractivity contribution in [1.29, 1.82) is 5.41 Å². The van der Waals surface area contributed by atoms with Gasteiger partial charge in [0.15, 0.2) is 0 Å². The maximum atomic E-state index is 6.88. The molecule has 0 rings (SSSR count). The molecule has 0 heterocycles. The van der Waals surface area contributed by atoms with Gasteiger partial charge >= 0.3 is 0 Å². The van der Waals surface area contributed by atoms with Crippen molar-refractivity contribution in [2.75, 3.05) is 0 Å². The van der Waals surface area contributed by atoms with Crippen LogP contribution in [-0.4, -0.2) is 5.84 Å². The van der Waals surface area contributed by atoms with Gasteiger partial charge in [0.1, 0.15) is 5.84 Å². The topological polar surface area (TPSA) is 60.6 Å². The normalized spacial score (nSPS) is 11.8. The summed E-state index contributed by atoms with van der Waals surface area (Å²) in [6, 6.07) is 0. The minimum atomic E-state index is 0.195. The molecule has 4 heteroatoms. The molecule has 0 aromatic carbocycles. The third-order valence-corrected chi connectivity index (χ3v) is 0.708. The SMILES string of the molecule is C/C=C\N/C=C\N=N/C(C)=N. The Labute approximate surface area is 66.2 Å². The molecule has 0 fully saturated rings. The lowest BCUT2D eigenvalue weighted by molar-refractivity contribution is 1.14. The van der Waals surface area contributed by atoms with E-state index in [0.717, 1.165) is 0 Å². The van der Waals surface area contributed by atoms with Gasteiger partial charge in [0, 0.05) is 6.20 Å². The second-order valence-corrected chi connectivity index (χ2v) is 1.78. The van der Waals surface area contributed by atoms with E-state index in [0.29, 0.717) is 0 Å². The van der Waals surface area contributed by atoms with E-state index < -0.39 is 0 Å². The Morgan fingerprint density at radius 2 is 2.18 bits per heavy atom. The van der Waals surface area contributed by atoms with Crippen LogP contribution in [0.5, 0.6) is 0 Å². The van der Waals surface area contributed by atoms with E-state index >= 15 is 0 Å². The summed E-state index contributed by atoms with van der Waals surface area (Å²) in [5, 5.41) is 16.8. The van der Waals surface area contributed by atoms with E-state index in [4.69, 9.17) is 5.41 Å². The predicted octanol–water partition coefficient (Wildman–Crippen LogP) is 2.03. The molecule has 4 nitrogen and oxygen atoms in total. The average Bonchev–Trinajstić information content (AvgIpc) is 1.96. The second-order valence-electron chi connectivity index (χ2n) is 1.78. The number of amidine groups is 1. The van der Waals surface area contributed by atoms with Crippen LogP contribution in [0.1, 0.15) is 13.8 Å². The summed E-state index contributed by atoms with van der Waals surface area (Å²) in [5.74, 6) is 0.195. The molecule has 0 aliphatic carbocycles. The highest BCUT2D eigenvalue weighted by atomic mass is 15.1. The monoisotopic (exact) mass is 152 g/mol. The van der Waals surface area contributed by atoms with Crippen LogP contribution in [0, 0.1) is 5.41 Å². The molecule has 0 saturated carbocycles. The minimum absolute atomic E-state index is 0.195. The van der Waals surface area contributed by atoms with Gasteiger partial charge in [-0.25, -0.2) is 0 Å². The van der Waals surface area contributed by atoms with E-state index in [1.807, 2.05) is 13.0 Å². The first-order valence-corrected chi connectivity index (χ1v) is 3.25. The minimum Gasteiger partial charge on any atom is -0.367 e. The maximum Gasteiger partial charge on any atom is 0.140 e. The zero-order valence-electron chi connectivity index (χ0n) is 6.70. The third-order valence-electron chi connectivity index (χ3n) is 0.708. The lowest BCUT2D eigenvalue weighted by Gasteiger charge is -1.83. The third kappa shape index (κ3) is 8.55. The average molecular weight is 152 g/mol. The van der Waals surface area contributed by atoms with Crippen molar-refractivity contribution in [2.24, 2.45) is 10.2 Å². The molecule has 0 aliphatic heterocycles. The van der Waals surface area contributed by atoms with Crippen LogP contribution in [-0.2, 0) is 0 Å². The van der Waals surface area contributed by atoms with Crippen molar-refractivity contribution in [3.63, 3.8) is 0 Å². The van der Waals surface area contributed by atoms with Crippen LogP contribution in [0.15, 0.2) is 34.9 Å². The molecule has 0 unspecified atom stereocenters. The van der Waals surface area contributed by atoms with Gasteiger partial charge in [-0.2, -0.15) is 5.11 Å². The molecule has 11 heavy (non-hydrogen) atoms. The molecule has 0 aromatic heterocycles.